The van der Waals surface area contributed by atoms with Gasteiger partial charge in [-0.05, 0) is 43.7 Å². The van der Waals surface area contributed by atoms with Crippen LogP contribution in [-0.4, -0.2) is 25.0 Å². The van der Waals surface area contributed by atoms with Crippen LogP contribution in [0.5, 0.6) is 0 Å². The molecular formula is C15H25Cl2N3O. The summed E-state index contributed by atoms with van der Waals surface area (Å²) in [5, 5.41) is 6.23. The number of carbonyl (C=O) groups is 1. The third-order valence-electron chi connectivity index (χ3n) is 3.70. The average molecular weight is 334 g/mol. The third kappa shape index (κ3) is 5.73. The first kappa shape index (κ1) is 20.0. The van der Waals surface area contributed by atoms with Gasteiger partial charge in [0.25, 0.3) is 0 Å². The Bertz CT molecular complexity index is 444. The molecule has 1 unspecified atom stereocenters. The number of rotatable bonds is 6. The normalized spacial score (nSPS) is 14.4. The van der Waals surface area contributed by atoms with Crippen LogP contribution in [0.3, 0.4) is 0 Å². The van der Waals surface area contributed by atoms with Crippen LogP contribution in [-0.2, 0) is 4.79 Å². The van der Waals surface area contributed by atoms with Crippen LogP contribution in [0.1, 0.15) is 24.0 Å². The molecule has 6 heteroatoms. The van der Waals surface area contributed by atoms with Crippen LogP contribution >= 0.6 is 24.8 Å². The number of carbonyl (C=O) groups excluding carboxylic acids is 1. The van der Waals surface area contributed by atoms with Crippen LogP contribution < -0.4 is 16.4 Å². The number of aryl methyl sites for hydroxylation is 2. The minimum Gasteiger partial charge on any atom is -0.376 e. The molecule has 120 valence electrons. The Kier molecular flexibility index (Phi) is 8.71. The van der Waals surface area contributed by atoms with E-state index in [1.54, 1.807) is 0 Å². The van der Waals surface area contributed by atoms with Crippen molar-refractivity contribution in [1.82, 2.24) is 5.32 Å². The van der Waals surface area contributed by atoms with Gasteiger partial charge in [-0.1, -0.05) is 18.2 Å². The molecule has 0 bridgehead atoms. The Morgan fingerprint density at radius 2 is 1.86 bits per heavy atom. The number of hydrogen-bond donors (Lipinski definition) is 3. The first-order chi connectivity index (χ1) is 9.11. The highest BCUT2D eigenvalue weighted by molar-refractivity contribution is 5.85. The van der Waals surface area contributed by atoms with E-state index in [9.17, 15) is 4.79 Å². The lowest BCUT2D eigenvalue weighted by atomic mass is 10.1. The number of nitrogens with two attached hydrogens (primary N) is 1. The third-order valence-corrected chi connectivity index (χ3v) is 3.70. The fraction of sp³-hybridized carbons (Fsp3) is 0.533. The standard InChI is InChI=1S/C15H23N3O.2ClH/c1-10-4-3-5-11(2)15(10)17-9-14(19)18-13(8-16)12-6-7-12;;/h3-5,12-13,17H,6-9,16H2,1-2H3,(H,18,19);2*1H. The largest absolute Gasteiger partial charge is 0.376 e. The van der Waals surface area contributed by atoms with Gasteiger partial charge < -0.3 is 16.4 Å². The van der Waals surface area contributed by atoms with E-state index in [1.165, 1.54) is 12.8 Å². The smallest absolute Gasteiger partial charge is 0.239 e. The Balaban J connectivity index is 0.00000200. The highest BCUT2D eigenvalue weighted by Crippen LogP contribution is 2.32. The molecule has 21 heavy (non-hydrogen) atoms. The highest BCUT2D eigenvalue weighted by Gasteiger charge is 2.31. The van der Waals surface area contributed by atoms with Gasteiger partial charge in [0.05, 0.1) is 6.54 Å². The molecule has 4 N–H and O–H groups in total. The maximum Gasteiger partial charge on any atom is 0.239 e. The second-order valence-corrected chi connectivity index (χ2v) is 5.37. The molecule has 1 amide bonds. The van der Waals surface area contributed by atoms with Gasteiger partial charge in [0.2, 0.25) is 5.91 Å². The summed E-state index contributed by atoms with van der Waals surface area (Å²) in [5.41, 5.74) is 9.05. The molecule has 1 aliphatic rings. The molecule has 2 rings (SSSR count). The SMILES string of the molecule is Cc1cccc(C)c1NCC(=O)NC(CN)C1CC1.Cl.Cl. The van der Waals surface area contributed by atoms with E-state index >= 15 is 0 Å². The Morgan fingerprint density at radius 3 is 2.33 bits per heavy atom. The number of amides is 1. The zero-order valence-electron chi connectivity index (χ0n) is 12.5. The first-order valence-corrected chi connectivity index (χ1v) is 6.91. The molecule has 1 atom stereocenters. The molecule has 0 aromatic heterocycles. The molecule has 4 nitrogen and oxygen atoms in total. The van der Waals surface area contributed by atoms with Gasteiger partial charge >= 0.3 is 0 Å². The maximum absolute atomic E-state index is 11.9. The Labute approximate surface area is 139 Å². The zero-order valence-corrected chi connectivity index (χ0v) is 14.2. The topological polar surface area (TPSA) is 67.2 Å². The van der Waals surface area contributed by atoms with E-state index in [4.69, 9.17) is 5.73 Å². The van der Waals surface area contributed by atoms with Gasteiger partial charge in [0.15, 0.2) is 0 Å². The average Bonchev–Trinajstić information content (AvgIpc) is 3.19. The Hall–Kier alpha value is -0.970. The molecular weight excluding hydrogens is 309 g/mol. The predicted octanol–water partition coefficient (Wildman–Crippen LogP) is 2.41. The summed E-state index contributed by atoms with van der Waals surface area (Å²) in [6.45, 7) is 4.91. The summed E-state index contributed by atoms with van der Waals surface area (Å²) in [7, 11) is 0. The van der Waals surface area contributed by atoms with E-state index in [1.807, 2.05) is 32.0 Å². The van der Waals surface area contributed by atoms with Crippen molar-refractivity contribution in [2.75, 3.05) is 18.4 Å². The van der Waals surface area contributed by atoms with Gasteiger partial charge in [-0.25, -0.2) is 0 Å². The monoisotopic (exact) mass is 333 g/mol. The van der Waals surface area contributed by atoms with Crippen molar-refractivity contribution in [2.24, 2.45) is 11.7 Å². The lowest BCUT2D eigenvalue weighted by Crippen LogP contribution is -2.44. The highest BCUT2D eigenvalue weighted by atomic mass is 35.5. The van der Waals surface area contributed by atoms with Crippen molar-refractivity contribution < 1.29 is 4.79 Å². The molecule has 1 fully saturated rings. The van der Waals surface area contributed by atoms with Gasteiger partial charge in [-0.2, -0.15) is 0 Å². The lowest BCUT2D eigenvalue weighted by Gasteiger charge is -2.17. The number of hydrogen-bond acceptors (Lipinski definition) is 3. The summed E-state index contributed by atoms with van der Waals surface area (Å²) in [6.07, 6.45) is 2.37. The van der Waals surface area contributed by atoms with Crippen molar-refractivity contribution in [3.8, 4) is 0 Å². The summed E-state index contributed by atoms with van der Waals surface area (Å²) >= 11 is 0. The lowest BCUT2D eigenvalue weighted by molar-refractivity contribution is -0.120. The minimum atomic E-state index is 0. The van der Waals surface area contributed by atoms with E-state index in [-0.39, 0.29) is 36.8 Å². The number of nitrogens with one attached hydrogen (secondary N) is 2. The molecule has 0 heterocycles. The molecule has 1 saturated carbocycles. The van der Waals surface area contributed by atoms with Gasteiger partial charge in [-0.15, -0.1) is 24.8 Å². The number of para-hydroxylation sites is 1. The minimum absolute atomic E-state index is 0. The van der Waals surface area contributed by atoms with E-state index in [0.717, 1.165) is 16.8 Å². The van der Waals surface area contributed by atoms with Gasteiger partial charge in [0.1, 0.15) is 0 Å². The van der Waals surface area contributed by atoms with E-state index in [0.29, 0.717) is 19.0 Å². The number of halogens is 2. The Morgan fingerprint density at radius 1 is 1.29 bits per heavy atom. The van der Waals surface area contributed by atoms with Crippen molar-refractivity contribution in [2.45, 2.75) is 32.7 Å². The van der Waals surface area contributed by atoms with Crippen molar-refractivity contribution in [1.29, 1.82) is 0 Å². The molecule has 0 spiro atoms. The molecule has 0 saturated heterocycles. The van der Waals surface area contributed by atoms with E-state index < -0.39 is 0 Å². The molecule has 1 aromatic rings. The number of anilines is 1. The van der Waals surface area contributed by atoms with Crippen LogP contribution in [0.25, 0.3) is 0 Å². The second-order valence-electron chi connectivity index (χ2n) is 5.37. The van der Waals surface area contributed by atoms with Crippen LogP contribution in [0.15, 0.2) is 18.2 Å². The summed E-state index contributed by atoms with van der Waals surface area (Å²) < 4.78 is 0. The predicted molar refractivity (Wildman–Crippen MR) is 92.6 cm³/mol. The van der Waals surface area contributed by atoms with Crippen molar-refractivity contribution in [3.63, 3.8) is 0 Å². The van der Waals surface area contributed by atoms with Gasteiger partial charge in [-0.3, -0.25) is 4.79 Å². The van der Waals surface area contributed by atoms with Crippen LogP contribution in [0.2, 0.25) is 0 Å². The van der Waals surface area contributed by atoms with Crippen LogP contribution in [0.4, 0.5) is 5.69 Å². The van der Waals surface area contributed by atoms with Crippen LogP contribution in [0, 0.1) is 19.8 Å². The maximum atomic E-state index is 11.9. The van der Waals surface area contributed by atoms with Crippen molar-refractivity contribution >= 4 is 36.4 Å². The number of benzene rings is 1. The fourth-order valence-electron chi connectivity index (χ4n) is 2.39. The zero-order chi connectivity index (χ0) is 13.8. The van der Waals surface area contributed by atoms with E-state index in [2.05, 4.69) is 10.6 Å². The van der Waals surface area contributed by atoms with Gasteiger partial charge in [0, 0.05) is 18.3 Å². The second kappa shape index (κ2) is 9.13. The fourth-order valence-corrected chi connectivity index (χ4v) is 2.39. The molecule has 1 aliphatic carbocycles. The molecule has 0 radical (unpaired) electrons. The molecule has 0 aliphatic heterocycles. The molecule has 1 aromatic carbocycles. The summed E-state index contributed by atoms with van der Waals surface area (Å²) in [5.74, 6) is 0.610. The van der Waals surface area contributed by atoms with Crippen molar-refractivity contribution in [3.05, 3.63) is 29.3 Å². The summed E-state index contributed by atoms with van der Waals surface area (Å²) in [4.78, 5) is 11.9. The summed E-state index contributed by atoms with van der Waals surface area (Å²) in [6, 6.07) is 6.25. The first-order valence-electron chi connectivity index (χ1n) is 6.91. The quantitative estimate of drug-likeness (QED) is 0.748.